The highest BCUT2D eigenvalue weighted by Gasteiger charge is 2.21. The molecule has 1 aliphatic rings. The fourth-order valence-corrected chi connectivity index (χ4v) is 4.17. The Balaban J connectivity index is 1.92. The van der Waals surface area contributed by atoms with Crippen LogP contribution < -0.4 is 10.5 Å². The van der Waals surface area contributed by atoms with Crippen molar-refractivity contribution in [2.24, 2.45) is 0 Å². The Hall–Kier alpha value is -2.37. The Morgan fingerprint density at radius 2 is 2.26 bits per heavy atom. The smallest absolute Gasteiger partial charge is 0.142 e. The molecule has 1 aromatic carbocycles. The predicted octanol–water partition coefficient (Wildman–Crippen LogP) is 5.22. The summed E-state index contributed by atoms with van der Waals surface area (Å²) >= 11 is 1.63. The minimum absolute atomic E-state index is 0.0807. The van der Waals surface area contributed by atoms with Gasteiger partial charge < -0.3 is 15.6 Å². The van der Waals surface area contributed by atoms with E-state index < -0.39 is 0 Å². The monoisotopic (exact) mass is 382 g/mol. The van der Waals surface area contributed by atoms with E-state index in [4.69, 9.17) is 10.5 Å². The summed E-state index contributed by atoms with van der Waals surface area (Å²) in [5.74, 6) is 0.696. The molecule has 0 aliphatic heterocycles. The lowest BCUT2D eigenvalue weighted by Crippen LogP contribution is -2.07. The number of anilines is 1. The fourth-order valence-electron chi connectivity index (χ4n) is 3.19. The highest BCUT2D eigenvalue weighted by molar-refractivity contribution is 7.16. The molecular weight excluding hydrogens is 356 g/mol. The second-order valence-electron chi connectivity index (χ2n) is 6.96. The van der Waals surface area contributed by atoms with Gasteiger partial charge in [-0.2, -0.15) is 0 Å². The Morgan fingerprint density at radius 1 is 1.44 bits per heavy atom. The van der Waals surface area contributed by atoms with Crippen LogP contribution in [0.2, 0.25) is 0 Å². The molecule has 0 unspecified atom stereocenters. The van der Waals surface area contributed by atoms with E-state index in [1.165, 1.54) is 5.57 Å². The number of aromatic nitrogens is 1. The molecule has 1 saturated carbocycles. The van der Waals surface area contributed by atoms with Gasteiger partial charge in [-0.1, -0.05) is 30.4 Å². The number of ether oxygens (including phenoxy) is 1. The fraction of sp³-hybridized carbons (Fsp3) is 0.318. The topological polar surface area (TPSA) is 68.4 Å². The van der Waals surface area contributed by atoms with Gasteiger partial charge in [0, 0.05) is 11.8 Å². The molecule has 2 aromatic rings. The third-order valence-electron chi connectivity index (χ3n) is 4.43. The number of aliphatic hydroxyl groups excluding tert-OH is 1. The van der Waals surface area contributed by atoms with Crippen LogP contribution in [0.15, 0.2) is 54.8 Å². The molecule has 1 aliphatic carbocycles. The average Bonchev–Trinajstić information content (AvgIpc) is 3.27. The van der Waals surface area contributed by atoms with Crippen molar-refractivity contribution in [2.75, 3.05) is 5.73 Å². The average molecular weight is 383 g/mol. The highest BCUT2D eigenvalue weighted by Crippen LogP contribution is 2.38. The summed E-state index contributed by atoms with van der Waals surface area (Å²) in [6, 6.07) is 5.80. The van der Waals surface area contributed by atoms with Gasteiger partial charge in [-0.05, 0) is 56.9 Å². The Morgan fingerprint density at radius 3 is 2.89 bits per heavy atom. The number of allylic oxidation sites excluding steroid dienone is 4. The van der Waals surface area contributed by atoms with Crippen LogP contribution in [0.5, 0.6) is 5.75 Å². The van der Waals surface area contributed by atoms with E-state index in [-0.39, 0.29) is 12.2 Å². The second-order valence-corrected chi connectivity index (χ2v) is 7.99. The van der Waals surface area contributed by atoms with E-state index in [0.29, 0.717) is 11.4 Å². The van der Waals surface area contributed by atoms with Crippen molar-refractivity contribution in [1.82, 2.24) is 4.98 Å². The number of benzene rings is 1. The van der Waals surface area contributed by atoms with E-state index in [1.807, 2.05) is 44.3 Å². The number of hydrogen-bond acceptors (Lipinski definition) is 5. The molecule has 0 bridgehead atoms. The van der Waals surface area contributed by atoms with Gasteiger partial charge >= 0.3 is 0 Å². The third-order valence-corrected chi connectivity index (χ3v) is 5.51. The molecule has 0 radical (unpaired) electrons. The molecule has 1 fully saturated rings. The summed E-state index contributed by atoms with van der Waals surface area (Å²) in [6.45, 7) is 7.72. The molecule has 1 aromatic heterocycles. The van der Waals surface area contributed by atoms with Crippen molar-refractivity contribution in [2.45, 2.75) is 45.3 Å². The number of nitrogens with zero attached hydrogens (tertiary/aromatic N) is 1. The largest absolute Gasteiger partial charge is 0.489 e. The van der Waals surface area contributed by atoms with Crippen LogP contribution in [0.3, 0.4) is 0 Å². The van der Waals surface area contributed by atoms with Crippen LogP contribution in [0.25, 0.3) is 16.1 Å². The van der Waals surface area contributed by atoms with Crippen molar-refractivity contribution < 1.29 is 9.84 Å². The molecule has 1 heterocycles. The van der Waals surface area contributed by atoms with Crippen molar-refractivity contribution in [3.63, 3.8) is 0 Å². The lowest BCUT2D eigenvalue weighted by atomic mass is 10.1. The molecule has 3 N–H and O–H groups in total. The van der Waals surface area contributed by atoms with Gasteiger partial charge in [0.2, 0.25) is 0 Å². The number of aliphatic hydroxyl groups is 1. The lowest BCUT2D eigenvalue weighted by molar-refractivity contribution is 0.186. The SMILES string of the molecule is C=C/C=C\C(=C1\CC[C@H](O)C1)c1cnc(-c2ccc(OC(C)C)c(N)c2)s1. The first-order valence-corrected chi connectivity index (χ1v) is 10.0. The molecule has 0 spiro atoms. The minimum Gasteiger partial charge on any atom is -0.489 e. The summed E-state index contributed by atoms with van der Waals surface area (Å²) in [5.41, 5.74) is 10.2. The van der Waals surface area contributed by atoms with E-state index in [1.54, 1.807) is 17.4 Å². The third kappa shape index (κ3) is 4.67. The van der Waals surface area contributed by atoms with Crippen molar-refractivity contribution in [1.29, 1.82) is 0 Å². The zero-order chi connectivity index (χ0) is 19.4. The molecule has 142 valence electrons. The van der Waals surface area contributed by atoms with Crippen LogP contribution in [0.4, 0.5) is 5.69 Å². The number of thiazole rings is 1. The maximum Gasteiger partial charge on any atom is 0.142 e. The van der Waals surface area contributed by atoms with Gasteiger partial charge in [0.15, 0.2) is 0 Å². The van der Waals surface area contributed by atoms with Gasteiger partial charge in [-0.25, -0.2) is 4.98 Å². The second kappa shape index (κ2) is 8.55. The zero-order valence-corrected chi connectivity index (χ0v) is 16.6. The van der Waals surface area contributed by atoms with Gasteiger partial charge in [-0.3, -0.25) is 0 Å². The number of rotatable bonds is 6. The van der Waals surface area contributed by atoms with Crippen LogP contribution in [-0.4, -0.2) is 22.3 Å². The van der Waals surface area contributed by atoms with Crippen LogP contribution >= 0.6 is 11.3 Å². The predicted molar refractivity (Wildman–Crippen MR) is 114 cm³/mol. The van der Waals surface area contributed by atoms with Gasteiger partial charge in [0.1, 0.15) is 10.8 Å². The first kappa shape index (κ1) is 19.4. The van der Waals surface area contributed by atoms with Crippen molar-refractivity contribution in [3.8, 4) is 16.3 Å². The minimum atomic E-state index is -0.243. The molecule has 4 nitrogen and oxygen atoms in total. The summed E-state index contributed by atoms with van der Waals surface area (Å²) in [5, 5.41) is 10.8. The van der Waals surface area contributed by atoms with E-state index in [2.05, 4.69) is 17.6 Å². The van der Waals surface area contributed by atoms with Gasteiger partial charge in [-0.15, -0.1) is 11.3 Å². The first-order chi connectivity index (χ1) is 13.0. The number of nitrogens with two attached hydrogens (primary N) is 1. The number of hydrogen-bond donors (Lipinski definition) is 2. The van der Waals surface area contributed by atoms with Gasteiger partial charge in [0.25, 0.3) is 0 Å². The summed E-state index contributed by atoms with van der Waals surface area (Å²) < 4.78 is 5.71. The quantitative estimate of drug-likeness (QED) is 0.531. The molecule has 3 rings (SSSR count). The molecular formula is C22H26N2O2S. The van der Waals surface area contributed by atoms with Crippen LogP contribution in [0.1, 0.15) is 38.0 Å². The zero-order valence-electron chi connectivity index (χ0n) is 15.8. The maximum atomic E-state index is 9.91. The standard InChI is InChI=1S/C22H26N2O2S/c1-4-5-6-18(15-7-9-17(25)11-15)21-13-24-22(27-21)16-8-10-20(19(23)12-16)26-14(2)3/h4-6,8,10,12-14,17,25H,1,7,9,11,23H2,2-3H3/b6-5-,18-15+/t17-/m0/s1. The van der Waals surface area contributed by atoms with Gasteiger partial charge in [0.05, 0.1) is 22.8 Å². The Kier molecular flexibility index (Phi) is 6.14. The van der Waals surface area contributed by atoms with Crippen molar-refractivity contribution in [3.05, 3.63) is 59.7 Å². The van der Waals surface area contributed by atoms with Crippen molar-refractivity contribution >= 4 is 22.6 Å². The molecule has 0 saturated heterocycles. The molecule has 1 atom stereocenters. The summed E-state index contributed by atoms with van der Waals surface area (Å²) in [7, 11) is 0. The van der Waals surface area contributed by atoms with Crippen LogP contribution in [0, 0.1) is 0 Å². The van der Waals surface area contributed by atoms with E-state index >= 15 is 0 Å². The Labute approximate surface area is 164 Å². The van der Waals surface area contributed by atoms with E-state index in [9.17, 15) is 5.11 Å². The normalized spacial score (nSPS) is 19.0. The number of nitrogen functional groups attached to an aromatic ring is 1. The van der Waals surface area contributed by atoms with Crippen LogP contribution in [-0.2, 0) is 0 Å². The molecule has 5 heteroatoms. The highest BCUT2D eigenvalue weighted by atomic mass is 32.1. The summed E-state index contributed by atoms with van der Waals surface area (Å²) in [4.78, 5) is 5.69. The first-order valence-electron chi connectivity index (χ1n) is 9.20. The molecule has 0 amide bonds. The Bertz CT molecular complexity index is 880. The maximum absolute atomic E-state index is 9.91. The molecule has 27 heavy (non-hydrogen) atoms. The lowest BCUT2D eigenvalue weighted by Gasteiger charge is -2.12. The summed E-state index contributed by atoms with van der Waals surface area (Å²) in [6.07, 6.45) is 9.95. The van der Waals surface area contributed by atoms with E-state index in [0.717, 1.165) is 40.3 Å².